The van der Waals surface area contributed by atoms with Gasteiger partial charge in [0.1, 0.15) is 11.5 Å². The topological polar surface area (TPSA) is 64.7 Å². The zero-order valence-electron chi connectivity index (χ0n) is 9.86. The fourth-order valence-electron chi connectivity index (χ4n) is 1.43. The van der Waals surface area contributed by atoms with Crippen molar-refractivity contribution in [3.8, 4) is 11.5 Å². The molecular weight excluding hydrogens is 251 g/mol. The van der Waals surface area contributed by atoms with Gasteiger partial charge < -0.3 is 20.3 Å². The quantitative estimate of drug-likeness (QED) is 0.873. The maximum Gasteiger partial charge on any atom is 0.573 e. The molecule has 4 nitrogen and oxygen atoms in total. The predicted molar refractivity (Wildman–Crippen MR) is 58.3 cm³/mol. The van der Waals surface area contributed by atoms with Gasteiger partial charge in [0.25, 0.3) is 0 Å². The van der Waals surface area contributed by atoms with E-state index in [1.165, 1.54) is 20.1 Å². The molecule has 1 aromatic carbocycles. The SMILES string of the molecule is COc1ccc(OC(F)(F)F)cc1[C@H](N)[C@@H](C)O. The zero-order chi connectivity index (χ0) is 13.9. The molecule has 18 heavy (non-hydrogen) atoms. The summed E-state index contributed by atoms with van der Waals surface area (Å²) in [6.07, 6.45) is -5.71. The van der Waals surface area contributed by atoms with Crippen LogP contribution in [0.15, 0.2) is 18.2 Å². The molecule has 0 spiro atoms. The molecule has 0 aliphatic rings. The van der Waals surface area contributed by atoms with Crippen LogP contribution in [0.3, 0.4) is 0 Å². The summed E-state index contributed by atoms with van der Waals surface area (Å²) < 4.78 is 45.0. The van der Waals surface area contributed by atoms with Crippen LogP contribution < -0.4 is 15.2 Å². The van der Waals surface area contributed by atoms with E-state index in [2.05, 4.69) is 4.74 Å². The third-order valence-electron chi connectivity index (χ3n) is 2.31. The number of benzene rings is 1. The third kappa shape index (κ3) is 3.78. The first-order chi connectivity index (χ1) is 8.24. The molecule has 102 valence electrons. The van der Waals surface area contributed by atoms with Crippen LogP contribution in [0.25, 0.3) is 0 Å². The van der Waals surface area contributed by atoms with Gasteiger partial charge in [0.2, 0.25) is 0 Å². The number of alkyl halides is 3. The lowest BCUT2D eigenvalue weighted by Gasteiger charge is -2.19. The lowest BCUT2D eigenvalue weighted by Crippen LogP contribution is -2.24. The summed E-state index contributed by atoms with van der Waals surface area (Å²) in [5, 5.41) is 9.37. The second-order valence-corrected chi connectivity index (χ2v) is 3.72. The number of ether oxygens (including phenoxy) is 2. The molecule has 0 radical (unpaired) electrons. The van der Waals surface area contributed by atoms with Crippen LogP contribution in [0.2, 0.25) is 0 Å². The first kappa shape index (κ1) is 14.6. The van der Waals surface area contributed by atoms with Gasteiger partial charge in [-0.1, -0.05) is 0 Å². The largest absolute Gasteiger partial charge is 0.573 e. The Balaban J connectivity index is 3.09. The molecule has 0 aliphatic carbocycles. The van der Waals surface area contributed by atoms with Gasteiger partial charge in [-0.05, 0) is 25.1 Å². The molecule has 0 saturated carbocycles. The fraction of sp³-hybridized carbons (Fsp3) is 0.455. The molecule has 3 N–H and O–H groups in total. The lowest BCUT2D eigenvalue weighted by molar-refractivity contribution is -0.274. The Bertz CT molecular complexity index is 407. The predicted octanol–water partition coefficient (Wildman–Crippen LogP) is 1.97. The normalized spacial score (nSPS) is 15.1. The summed E-state index contributed by atoms with van der Waals surface area (Å²) in [4.78, 5) is 0. The number of hydrogen-bond donors (Lipinski definition) is 2. The second-order valence-electron chi connectivity index (χ2n) is 3.72. The van der Waals surface area contributed by atoms with Gasteiger partial charge in [0.15, 0.2) is 0 Å². The van der Waals surface area contributed by atoms with Gasteiger partial charge in [-0.2, -0.15) is 0 Å². The van der Waals surface area contributed by atoms with Crippen molar-refractivity contribution in [2.75, 3.05) is 7.11 Å². The number of halogens is 3. The molecule has 0 amide bonds. The van der Waals surface area contributed by atoms with E-state index >= 15 is 0 Å². The average molecular weight is 265 g/mol. The van der Waals surface area contributed by atoms with Crippen LogP contribution in [-0.4, -0.2) is 24.7 Å². The number of rotatable bonds is 4. The Labute approximate surface area is 102 Å². The van der Waals surface area contributed by atoms with Gasteiger partial charge in [0.05, 0.1) is 19.3 Å². The second kappa shape index (κ2) is 5.45. The Hall–Kier alpha value is -1.47. The van der Waals surface area contributed by atoms with Crippen LogP contribution >= 0.6 is 0 Å². The maximum absolute atomic E-state index is 12.1. The molecule has 0 bridgehead atoms. The van der Waals surface area contributed by atoms with E-state index in [0.29, 0.717) is 0 Å². The smallest absolute Gasteiger partial charge is 0.496 e. The van der Waals surface area contributed by atoms with Gasteiger partial charge in [0, 0.05) is 5.56 Å². The summed E-state index contributed by atoms with van der Waals surface area (Å²) in [6, 6.07) is 2.66. The molecule has 0 saturated heterocycles. The molecule has 0 unspecified atom stereocenters. The highest BCUT2D eigenvalue weighted by Gasteiger charge is 2.31. The van der Waals surface area contributed by atoms with E-state index in [0.717, 1.165) is 12.1 Å². The molecule has 1 rings (SSSR count). The third-order valence-corrected chi connectivity index (χ3v) is 2.31. The maximum atomic E-state index is 12.1. The van der Waals surface area contributed by atoms with E-state index in [9.17, 15) is 18.3 Å². The van der Waals surface area contributed by atoms with Crippen molar-refractivity contribution in [1.29, 1.82) is 0 Å². The first-order valence-corrected chi connectivity index (χ1v) is 5.12. The molecule has 7 heteroatoms. The van der Waals surface area contributed by atoms with Gasteiger partial charge in [-0.3, -0.25) is 0 Å². The summed E-state index contributed by atoms with van der Waals surface area (Å²) in [5.41, 5.74) is 5.92. The lowest BCUT2D eigenvalue weighted by atomic mass is 10.0. The van der Waals surface area contributed by atoms with E-state index in [1.54, 1.807) is 0 Å². The minimum absolute atomic E-state index is 0.245. The monoisotopic (exact) mass is 265 g/mol. The van der Waals surface area contributed by atoms with Crippen molar-refractivity contribution in [1.82, 2.24) is 0 Å². The molecular formula is C11H14F3NO3. The van der Waals surface area contributed by atoms with Crippen molar-refractivity contribution in [3.05, 3.63) is 23.8 Å². The number of aliphatic hydroxyl groups is 1. The van der Waals surface area contributed by atoms with Gasteiger partial charge in [-0.15, -0.1) is 13.2 Å². The van der Waals surface area contributed by atoms with Gasteiger partial charge >= 0.3 is 6.36 Å². The van der Waals surface area contributed by atoms with Crippen molar-refractivity contribution < 1.29 is 27.8 Å². The summed E-state index contributed by atoms with van der Waals surface area (Å²) in [6.45, 7) is 1.43. The van der Waals surface area contributed by atoms with Crippen molar-refractivity contribution in [2.45, 2.75) is 25.4 Å². The van der Waals surface area contributed by atoms with Crippen molar-refractivity contribution >= 4 is 0 Å². The standard InChI is InChI=1S/C11H14F3NO3/c1-6(16)10(15)8-5-7(18-11(12,13)14)3-4-9(8)17-2/h3-6,10,16H,15H2,1-2H3/t6-,10-/m1/s1. The molecule has 0 fully saturated rings. The average Bonchev–Trinajstić information content (AvgIpc) is 2.25. The highest BCUT2D eigenvalue weighted by Crippen LogP contribution is 2.32. The Morgan fingerprint density at radius 2 is 1.94 bits per heavy atom. The van der Waals surface area contributed by atoms with Gasteiger partial charge in [-0.25, -0.2) is 0 Å². The molecule has 0 aliphatic heterocycles. The van der Waals surface area contributed by atoms with Crippen LogP contribution in [0.4, 0.5) is 13.2 Å². The van der Waals surface area contributed by atoms with Crippen LogP contribution in [-0.2, 0) is 0 Å². The highest BCUT2D eigenvalue weighted by atomic mass is 19.4. The van der Waals surface area contributed by atoms with E-state index < -0.39 is 24.3 Å². The highest BCUT2D eigenvalue weighted by molar-refractivity contribution is 5.42. The minimum Gasteiger partial charge on any atom is -0.496 e. The van der Waals surface area contributed by atoms with E-state index in [1.807, 2.05) is 0 Å². The molecule has 0 aromatic heterocycles. The van der Waals surface area contributed by atoms with E-state index in [4.69, 9.17) is 10.5 Å². The number of nitrogens with two attached hydrogens (primary N) is 1. The van der Waals surface area contributed by atoms with Crippen molar-refractivity contribution in [3.63, 3.8) is 0 Å². The molecule has 0 heterocycles. The minimum atomic E-state index is -4.78. The summed E-state index contributed by atoms with van der Waals surface area (Å²) >= 11 is 0. The van der Waals surface area contributed by atoms with Crippen molar-refractivity contribution in [2.24, 2.45) is 5.73 Å². The Kier molecular flexibility index (Phi) is 4.42. The number of aliphatic hydroxyl groups excluding tert-OH is 1. The molecule has 1 aromatic rings. The van der Waals surface area contributed by atoms with E-state index in [-0.39, 0.29) is 11.3 Å². The first-order valence-electron chi connectivity index (χ1n) is 5.12. The Morgan fingerprint density at radius 1 is 1.33 bits per heavy atom. The number of hydrogen-bond acceptors (Lipinski definition) is 4. The van der Waals surface area contributed by atoms with Crippen LogP contribution in [0.5, 0.6) is 11.5 Å². The zero-order valence-corrected chi connectivity index (χ0v) is 9.86. The Morgan fingerprint density at radius 3 is 2.39 bits per heavy atom. The fourth-order valence-corrected chi connectivity index (χ4v) is 1.43. The molecule has 2 atom stereocenters. The summed E-state index contributed by atoms with van der Waals surface area (Å²) in [5.74, 6) is -0.118. The summed E-state index contributed by atoms with van der Waals surface area (Å²) in [7, 11) is 1.36. The van der Waals surface area contributed by atoms with Crippen LogP contribution in [0.1, 0.15) is 18.5 Å². The number of methoxy groups -OCH3 is 1. The van der Waals surface area contributed by atoms with Crippen LogP contribution in [0, 0.1) is 0 Å².